The van der Waals surface area contributed by atoms with Gasteiger partial charge in [-0.3, -0.25) is 4.79 Å². The van der Waals surface area contributed by atoms with Crippen LogP contribution in [0.2, 0.25) is 0 Å². The first-order valence-electron chi connectivity index (χ1n) is 11.6. The van der Waals surface area contributed by atoms with Gasteiger partial charge in [-0.1, -0.05) is 12.1 Å². The highest BCUT2D eigenvalue weighted by molar-refractivity contribution is 6.06. The molecule has 1 N–H and O–H groups in total. The van der Waals surface area contributed by atoms with E-state index in [-0.39, 0.29) is 18.5 Å². The van der Waals surface area contributed by atoms with Crippen molar-refractivity contribution >= 4 is 11.6 Å². The Balaban J connectivity index is 1.57. The molecule has 0 bridgehead atoms. The van der Waals surface area contributed by atoms with Crippen molar-refractivity contribution < 1.29 is 28.1 Å². The zero-order chi connectivity index (χ0) is 26.2. The molecular weight excluding hydrogens is 479 g/mol. The van der Waals surface area contributed by atoms with E-state index in [2.05, 4.69) is 15.4 Å². The van der Waals surface area contributed by atoms with Gasteiger partial charge in [-0.25, -0.2) is 9.07 Å². The lowest BCUT2D eigenvalue weighted by molar-refractivity contribution is 0.102. The van der Waals surface area contributed by atoms with Crippen LogP contribution in [-0.2, 0) is 4.74 Å². The average Bonchev–Trinajstić information content (AvgIpc) is 3.35. The predicted octanol–water partition coefficient (Wildman–Crippen LogP) is 4.76. The van der Waals surface area contributed by atoms with Gasteiger partial charge in [-0.15, -0.1) is 5.10 Å². The van der Waals surface area contributed by atoms with Gasteiger partial charge in [0.2, 0.25) is 0 Å². The van der Waals surface area contributed by atoms with Crippen LogP contribution in [0.15, 0.2) is 66.7 Å². The average molecular weight is 507 g/mol. The number of halogens is 1. The first-order valence-corrected chi connectivity index (χ1v) is 11.6. The Hall–Kier alpha value is -4.44. The highest BCUT2D eigenvalue weighted by Crippen LogP contribution is 2.27. The lowest BCUT2D eigenvalue weighted by atomic mass is 10.1. The van der Waals surface area contributed by atoms with Crippen LogP contribution in [0, 0.1) is 5.82 Å². The third-order valence-corrected chi connectivity index (χ3v) is 5.36. The van der Waals surface area contributed by atoms with Gasteiger partial charge in [0.15, 0.2) is 5.82 Å². The molecule has 0 fully saturated rings. The number of nitrogens with one attached hydrogen (secondary N) is 1. The van der Waals surface area contributed by atoms with Crippen molar-refractivity contribution in [3.63, 3.8) is 0 Å². The Morgan fingerprint density at radius 1 is 1.00 bits per heavy atom. The van der Waals surface area contributed by atoms with Crippen molar-refractivity contribution in [2.45, 2.75) is 6.92 Å². The summed E-state index contributed by atoms with van der Waals surface area (Å²) in [4.78, 5) is 17.3. The van der Waals surface area contributed by atoms with Crippen molar-refractivity contribution in [2.75, 3.05) is 39.4 Å². The highest BCUT2D eigenvalue weighted by Gasteiger charge is 2.17. The van der Waals surface area contributed by atoms with Gasteiger partial charge in [-0.2, -0.15) is 4.98 Å². The summed E-state index contributed by atoms with van der Waals surface area (Å²) in [6, 6.07) is 18.2. The fraction of sp³-hybridized carbons (Fsp3) is 0.222. The molecule has 0 unspecified atom stereocenters. The first-order chi connectivity index (χ1) is 18.0. The number of carbonyl (C=O) groups is 1. The van der Waals surface area contributed by atoms with Crippen molar-refractivity contribution in [1.82, 2.24) is 14.8 Å². The second kappa shape index (κ2) is 12.0. The van der Waals surface area contributed by atoms with Crippen LogP contribution in [0.3, 0.4) is 0 Å². The molecule has 0 spiro atoms. The van der Waals surface area contributed by atoms with E-state index in [4.69, 9.17) is 18.9 Å². The normalized spacial score (nSPS) is 10.7. The van der Waals surface area contributed by atoms with Gasteiger partial charge in [0.25, 0.3) is 5.91 Å². The maximum atomic E-state index is 13.9. The molecule has 0 aliphatic carbocycles. The fourth-order valence-electron chi connectivity index (χ4n) is 3.56. The second-order valence-corrected chi connectivity index (χ2v) is 7.75. The van der Waals surface area contributed by atoms with E-state index in [1.54, 1.807) is 66.4 Å². The molecule has 4 rings (SSSR count). The lowest BCUT2D eigenvalue weighted by Crippen LogP contribution is -2.13. The smallest absolute Gasteiger partial charge is 0.336 e. The van der Waals surface area contributed by atoms with Crippen LogP contribution in [0.5, 0.6) is 17.5 Å². The molecule has 0 radical (unpaired) electrons. The Labute approximate surface area is 213 Å². The molecule has 0 aliphatic rings. The van der Waals surface area contributed by atoms with Crippen molar-refractivity contribution in [1.29, 1.82) is 0 Å². The monoisotopic (exact) mass is 506 g/mol. The fourth-order valence-corrected chi connectivity index (χ4v) is 3.56. The summed E-state index contributed by atoms with van der Waals surface area (Å²) in [6.07, 6.45) is 0. The van der Waals surface area contributed by atoms with E-state index >= 15 is 0 Å². The van der Waals surface area contributed by atoms with E-state index in [1.165, 1.54) is 19.2 Å². The number of hydrogen-bond acceptors (Lipinski definition) is 7. The van der Waals surface area contributed by atoms with Gasteiger partial charge < -0.3 is 24.3 Å². The van der Waals surface area contributed by atoms with Crippen molar-refractivity contribution in [2.24, 2.45) is 0 Å². The molecule has 0 aliphatic heterocycles. The molecule has 0 atom stereocenters. The first kappa shape index (κ1) is 25.6. The number of rotatable bonds is 11. The molecule has 1 heterocycles. The third kappa shape index (κ3) is 6.22. The van der Waals surface area contributed by atoms with E-state index in [0.717, 1.165) is 0 Å². The molecule has 4 aromatic rings. The number of hydrogen-bond donors (Lipinski definition) is 1. The Morgan fingerprint density at radius 2 is 1.81 bits per heavy atom. The Morgan fingerprint density at radius 3 is 2.51 bits per heavy atom. The van der Waals surface area contributed by atoms with E-state index < -0.39 is 5.82 Å². The molecule has 0 saturated carbocycles. The SMILES string of the molecule is CCOCCOc1nc(-c2cccc(F)c2)n(-c2ccc(NC(=O)c3ccc(OC)cc3OC)cc2)n1. The predicted molar refractivity (Wildman–Crippen MR) is 136 cm³/mol. The molecule has 1 amide bonds. The molecular formula is C27H27FN4O5. The van der Waals surface area contributed by atoms with E-state index in [1.807, 2.05) is 6.92 Å². The van der Waals surface area contributed by atoms with Crippen LogP contribution in [-0.4, -0.2) is 54.7 Å². The number of anilines is 1. The van der Waals surface area contributed by atoms with Crippen LogP contribution in [0.25, 0.3) is 17.1 Å². The minimum atomic E-state index is -0.391. The van der Waals surface area contributed by atoms with E-state index in [0.29, 0.717) is 53.0 Å². The number of ether oxygens (including phenoxy) is 4. The molecule has 9 nitrogen and oxygen atoms in total. The van der Waals surface area contributed by atoms with Crippen molar-refractivity contribution in [3.05, 3.63) is 78.1 Å². The molecule has 3 aromatic carbocycles. The maximum Gasteiger partial charge on any atom is 0.336 e. The minimum Gasteiger partial charge on any atom is -0.497 e. The molecule has 0 saturated heterocycles. The molecule has 37 heavy (non-hydrogen) atoms. The van der Waals surface area contributed by atoms with E-state index in [9.17, 15) is 9.18 Å². The lowest BCUT2D eigenvalue weighted by Gasteiger charge is -2.11. The molecule has 1 aromatic heterocycles. The quantitative estimate of drug-likeness (QED) is 0.293. The van der Waals surface area contributed by atoms with Gasteiger partial charge in [0.1, 0.15) is 23.9 Å². The summed E-state index contributed by atoms with van der Waals surface area (Å²) in [5.41, 5.74) is 2.11. The topological polar surface area (TPSA) is 96.7 Å². The highest BCUT2D eigenvalue weighted by atomic mass is 19.1. The zero-order valence-corrected chi connectivity index (χ0v) is 20.7. The third-order valence-electron chi connectivity index (χ3n) is 5.36. The number of amides is 1. The Kier molecular flexibility index (Phi) is 8.32. The maximum absolute atomic E-state index is 13.9. The number of carbonyl (C=O) groups excluding carboxylic acids is 1. The van der Waals surface area contributed by atoms with Crippen molar-refractivity contribution in [3.8, 4) is 34.6 Å². The van der Waals surface area contributed by atoms with Crippen LogP contribution >= 0.6 is 0 Å². The second-order valence-electron chi connectivity index (χ2n) is 7.75. The summed E-state index contributed by atoms with van der Waals surface area (Å²) in [6.45, 7) is 3.15. The number of methoxy groups -OCH3 is 2. The number of benzene rings is 3. The summed E-state index contributed by atoms with van der Waals surface area (Å²) < 4.78 is 36.9. The summed E-state index contributed by atoms with van der Waals surface area (Å²) >= 11 is 0. The van der Waals surface area contributed by atoms with Crippen LogP contribution in [0.4, 0.5) is 10.1 Å². The van der Waals surface area contributed by atoms with Gasteiger partial charge >= 0.3 is 6.01 Å². The van der Waals surface area contributed by atoms with Crippen LogP contribution in [0.1, 0.15) is 17.3 Å². The zero-order valence-electron chi connectivity index (χ0n) is 20.7. The minimum absolute atomic E-state index is 0.142. The van der Waals surface area contributed by atoms with Gasteiger partial charge in [0.05, 0.1) is 32.1 Å². The van der Waals surface area contributed by atoms with Gasteiger partial charge in [0, 0.05) is 23.9 Å². The summed E-state index contributed by atoms with van der Waals surface area (Å²) in [7, 11) is 3.03. The number of aromatic nitrogens is 3. The van der Waals surface area contributed by atoms with Crippen LogP contribution < -0.4 is 19.5 Å². The largest absolute Gasteiger partial charge is 0.497 e. The van der Waals surface area contributed by atoms with Gasteiger partial charge in [-0.05, 0) is 55.5 Å². The summed E-state index contributed by atoms with van der Waals surface area (Å²) in [5, 5.41) is 7.31. The standard InChI is InChI=1S/C27H27FN4O5/c1-4-36-14-15-37-27-30-25(18-6-5-7-19(28)16-18)32(31-27)21-10-8-20(9-11-21)29-26(33)23-13-12-22(34-2)17-24(23)35-3/h5-13,16-17H,4,14-15H2,1-3H3,(H,29,33). The summed E-state index contributed by atoms with van der Waals surface area (Å²) in [5.74, 6) is 0.663. The molecule has 192 valence electrons. The number of nitrogens with zero attached hydrogens (tertiary/aromatic N) is 3. The Bertz CT molecular complexity index is 1360. The molecule has 10 heteroatoms.